The van der Waals surface area contributed by atoms with Crippen LogP contribution in [0.3, 0.4) is 0 Å². The highest BCUT2D eigenvalue weighted by atomic mass is 31.2. The summed E-state index contributed by atoms with van der Waals surface area (Å²) < 4.78 is 63.5. The van der Waals surface area contributed by atoms with Gasteiger partial charge in [-0.3, -0.25) is 0 Å². The van der Waals surface area contributed by atoms with Crippen LogP contribution in [0.1, 0.15) is 19.8 Å². The minimum Gasteiger partial charge on any atom is -0.318 e. The molecular formula is C12H15F4OP. The van der Waals surface area contributed by atoms with Crippen LogP contribution in [0, 0.1) is 5.82 Å². The summed E-state index contributed by atoms with van der Waals surface area (Å²) in [6, 6.07) is 5.02. The first kappa shape index (κ1) is 15.2. The van der Waals surface area contributed by atoms with Gasteiger partial charge in [0.2, 0.25) is 0 Å². The Labute approximate surface area is 104 Å². The Kier molecular flexibility index (Phi) is 4.97. The van der Waals surface area contributed by atoms with Gasteiger partial charge in [-0.05, 0) is 18.6 Å². The largest absolute Gasteiger partial charge is 0.396 e. The Morgan fingerprint density at radius 3 is 2.33 bits per heavy atom. The smallest absolute Gasteiger partial charge is 0.318 e. The molecule has 1 nitrogen and oxygen atoms in total. The zero-order valence-corrected chi connectivity index (χ0v) is 10.9. The second kappa shape index (κ2) is 5.87. The molecule has 1 aromatic carbocycles. The van der Waals surface area contributed by atoms with E-state index in [0.717, 1.165) is 6.07 Å². The molecule has 1 aromatic rings. The van der Waals surface area contributed by atoms with E-state index >= 15 is 0 Å². The third kappa shape index (κ3) is 4.13. The first-order valence-electron chi connectivity index (χ1n) is 5.68. The predicted molar refractivity (Wildman–Crippen MR) is 64.3 cm³/mol. The van der Waals surface area contributed by atoms with Crippen molar-refractivity contribution >= 4 is 12.4 Å². The molecule has 1 unspecified atom stereocenters. The fourth-order valence-corrected chi connectivity index (χ4v) is 4.57. The van der Waals surface area contributed by atoms with Gasteiger partial charge in [-0.25, -0.2) is 4.39 Å². The van der Waals surface area contributed by atoms with Crippen LogP contribution in [0.4, 0.5) is 17.6 Å². The van der Waals surface area contributed by atoms with Crippen molar-refractivity contribution in [1.82, 2.24) is 0 Å². The van der Waals surface area contributed by atoms with Gasteiger partial charge >= 0.3 is 6.18 Å². The van der Waals surface area contributed by atoms with E-state index in [4.69, 9.17) is 0 Å². The topological polar surface area (TPSA) is 17.1 Å². The molecule has 0 aliphatic rings. The molecule has 0 spiro atoms. The normalized spacial score (nSPS) is 15.4. The Balaban J connectivity index is 3.12. The lowest BCUT2D eigenvalue weighted by Gasteiger charge is -2.20. The fraction of sp³-hybridized carbons (Fsp3) is 0.500. The molecule has 0 fully saturated rings. The third-order valence-corrected chi connectivity index (χ3v) is 5.75. The third-order valence-electron chi connectivity index (χ3n) is 2.60. The Bertz CT molecular complexity index is 442. The summed E-state index contributed by atoms with van der Waals surface area (Å²) in [5, 5.41) is -0.282. The average Bonchev–Trinajstić information content (AvgIpc) is 2.24. The van der Waals surface area contributed by atoms with Crippen LogP contribution in [0.15, 0.2) is 24.3 Å². The molecule has 0 aromatic heterocycles. The minimum absolute atomic E-state index is 0.107. The van der Waals surface area contributed by atoms with Crippen LogP contribution in [0.5, 0.6) is 0 Å². The highest BCUT2D eigenvalue weighted by Gasteiger charge is 2.40. The van der Waals surface area contributed by atoms with Crippen molar-refractivity contribution in [3.8, 4) is 0 Å². The van der Waals surface area contributed by atoms with E-state index < -0.39 is 25.3 Å². The Hall–Kier alpha value is -0.830. The average molecular weight is 282 g/mol. The number of hydrogen-bond donors (Lipinski definition) is 0. The standard InChI is InChI=1S/C12H15F4OP/c1-2-3-8-18(17,9-12(14,15)16)11-7-5-4-6-10(11)13/h4-7H,2-3,8-9H2,1H3. The van der Waals surface area contributed by atoms with Crippen LogP contribution >= 0.6 is 7.14 Å². The van der Waals surface area contributed by atoms with Crippen LogP contribution < -0.4 is 5.30 Å². The van der Waals surface area contributed by atoms with Gasteiger partial charge in [0.1, 0.15) is 19.1 Å². The molecule has 0 saturated carbocycles. The Morgan fingerprint density at radius 2 is 1.83 bits per heavy atom. The highest BCUT2D eigenvalue weighted by Crippen LogP contribution is 2.50. The van der Waals surface area contributed by atoms with Gasteiger partial charge in [-0.2, -0.15) is 13.2 Å². The highest BCUT2D eigenvalue weighted by molar-refractivity contribution is 7.71. The van der Waals surface area contributed by atoms with Gasteiger partial charge in [0.25, 0.3) is 0 Å². The van der Waals surface area contributed by atoms with Crippen LogP contribution in [0.25, 0.3) is 0 Å². The van der Waals surface area contributed by atoms with Crippen molar-refractivity contribution in [2.75, 3.05) is 12.3 Å². The maximum atomic E-state index is 13.5. The molecule has 0 bridgehead atoms. The maximum absolute atomic E-state index is 13.5. The molecular weight excluding hydrogens is 267 g/mol. The van der Waals surface area contributed by atoms with Crippen LogP contribution in [-0.4, -0.2) is 18.5 Å². The molecule has 0 aliphatic heterocycles. The van der Waals surface area contributed by atoms with E-state index in [-0.39, 0.29) is 11.5 Å². The maximum Gasteiger partial charge on any atom is 0.396 e. The summed E-state index contributed by atoms with van der Waals surface area (Å²) >= 11 is 0. The van der Waals surface area contributed by atoms with Crippen molar-refractivity contribution in [2.45, 2.75) is 25.9 Å². The predicted octanol–water partition coefficient (Wildman–Crippen LogP) is 4.18. The first-order valence-corrected chi connectivity index (χ1v) is 7.76. The SMILES string of the molecule is CCCCP(=O)(CC(F)(F)F)c1ccccc1F. The zero-order valence-electron chi connectivity index (χ0n) is 10.0. The van der Waals surface area contributed by atoms with Crippen molar-refractivity contribution in [3.63, 3.8) is 0 Å². The van der Waals surface area contributed by atoms with Gasteiger partial charge in [0, 0.05) is 11.5 Å². The van der Waals surface area contributed by atoms with Crippen LogP contribution in [0.2, 0.25) is 0 Å². The van der Waals surface area contributed by atoms with Crippen molar-refractivity contribution in [2.24, 2.45) is 0 Å². The summed E-state index contributed by atoms with van der Waals surface area (Å²) in [4.78, 5) is 0. The number of rotatable bonds is 5. The molecule has 1 rings (SSSR count). The number of hydrogen-bond acceptors (Lipinski definition) is 1. The first-order chi connectivity index (χ1) is 8.28. The Morgan fingerprint density at radius 1 is 1.22 bits per heavy atom. The van der Waals surface area contributed by atoms with E-state index in [2.05, 4.69) is 0 Å². The van der Waals surface area contributed by atoms with E-state index in [9.17, 15) is 22.1 Å². The summed E-state index contributed by atoms with van der Waals surface area (Å²) in [6.07, 6.45) is -5.07. The fourth-order valence-electron chi connectivity index (χ4n) is 1.77. The zero-order chi connectivity index (χ0) is 13.8. The second-order valence-corrected chi connectivity index (χ2v) is 7.22. The number of unbranched alkanes of at least 4 members (excludes halogenated alkanes) is 1. The monoisotopic (exact) mass is 282 g/mol. The minimum atomic E-state index is -4.55. The van der Waals surface area contributed by atoms with E-state index in [1.807, 2.05) is 0 Å². The van der Waals surface area contributed by atoms with E-state index in [1.54, 1.807) is 6.92 Å². The second-order valence-electron chi connectivity index (χ2n) is 4.19. The number of benzene rings is 1. The molecule has 6 heteroatoms. The number of alkyl halides is 3. The van der Waals surface area contributed by atoms with E-state index in [1.165, 1.54) is 18.2 Å². The quantitative estimate of drug-likeness (QED) is 0.585. The van der Waals surface area contributed by atoms with Gasteiger partial charge in [0.15, 0.2) is 0 Å². The molecule has 18 heavy (non-hydrogen) atoms. The van der Waals surface area contributed by atoms with Crippen molar-refractivity contribution in [3.05, 3.63) is 30.1 Å². The molecule has 0 amide bonds. The summed E-state index contributed by atoms with van der Waals surface area (Å²) in [7, 11) is -3.75. The molecule has 0 heterocycles. The van der Waals surface area contributed by atoms with Crippen molar-refractivity contribution in [1.29, 1.82) is 0 Å². The molecule has 0 N–H and O–H groups in total. The summed E-state index contributed by atoms with van der Waals surface area (Å²) in [5.41, 5.74) is 0. The van der Waals surface area contributed by atoms with Gasteiger partial charge in [-0.15, -0.1) is 0 Å². The van der Waals surface area contributed by atoms with E-state index in [0.29, 0.717) is 12.8 Å². The number of halogens is 4. The summed E-state index contributed by atoms with van der Waals surface area (Å²) in [5.74, 6) is -0.818. The summed E-state index contributed by atoms with van der Waals surface area (Å²) in [6.45, 7) is 1.79. The van der Waals surface area contributed by atoms with Crippen molar-refractivity contribution < 1.29 is 22.1 Å². The van der Waals surface area contributed by atoms with Gasteiger partial charge < -0.3 is 4.57 Å². The lowest BCUT2D eigenvalue weighted by atomic mass is 10.3. The van der Waals surface area contributed by atoms with Crippen LogP contribution in [-0.2, 0) is 4.57 Å². The molecule has 0 aliphatic carbocycles. The molecule has 0 saturated heterocycles. The lowest BCUT2D eigenvalue weighted by Crippen LogP contribution is -2.23. The molecule has 0 radical (unpaired) electrons. The van der Waals surface area contributed by atoms with Gasteiger partial charge in [-0.1, -0.05) is 25.5 Å². The molecule has 102 valence electrons. The van der Waals surface area contributed by atoms with Gasteiger partial charge in [0.05, 0.1) is 0 Å². The lowest BCUT2D eigenvalue weighted by molar-refractivity contribution is -0.106. The molecule has 1 atom stereocenters.